The molecule has 19 heavy (non-hydrogen) atoms. The monoisotopic (exact) mass is 263 g/mol. The molecule has 0 spiro atoms. The van der Waals surface area contributed by atoms with Crippen LogP contribution in [0.1, 0.15) is 27.4 Å². The van der Waals surface area contributed by atoms with Crippen LogP contribution in [0, 0.1) is 19.8 Å². The molecule has 1 amide bonds. The second-order valence-corrected chi connectivity index (χ2v) is 4.33. The van der Waals surface area contributed by atoms with E-state index in [0.717, 1.165) is 17.3 Å². The van der Waals surface area contributed by atoms with Gasteiger partial charge in [-0.3, -0.25) is 4.79 Å². The van der Waals surface area contributed by atoms with Gasteiger partial charge in [0.2, 0.25) is 5.95 Å². The van der Waals surface area contributed by atoms with Crippen LogP contribution in [0.5, 0.6) is 0 Å². The van der Waals surface area contributed by atoms with Gasteiger partial charge in [-0.1, -0.05) is 5.16 Å². The Morgan fingerprint density at radius 1 is 1.47 bits per heavy atom. The van der Waals surface area contributed by atoms with Crippen LogP contribution in [0.3, 0.4) is 0 Å². The molecule has 0 aromatic carbocycles. The average molecular weight is 263 g/mol. The smallest absolute Gasteiger partial charge is 0.254 e. The Kier molecular flexibility index (Phi) is 3.59. The van der Waals surface area contributed by atoms with Crippen LogP contribution in [0.25, 0.3) is 0 Å². The van der Waals surface area contributed by atoms with Gasteiger partial charge in [0.15, 0.2) is 0 Å². The molecule has 0 N–H and O–H groups in total. The highest BCUT2D eigenvalue weighted by molar-refractivity contribution is 5.93. The second kappa shape index (κ2) is 5.17. The molecule has 0 atom stereocenters. The van der Waals surface area contributed by atoms with Crippen molar-refractivity contribution < 1.29 is 13.7 Å². The van der Waals surface area contributed by atoms with E-state index < -0.39 is 5.95 Å². The Labute approximate surface area is 110 Å². The summed E-state index contributed by atoms with van der Waals surface area (Å²) in [6.45, 7) is 3.97. The number of hydrogen-bond donors (Lipinski definition) is 0. The maximum absolute atomic E-state index is 13.0. The number of amides is 1. The number of nitrogens with zero attached hydrogens (tertiary/aromatic N) is 3. The number of carbonyl (C=O) groups is 1. The first-order valence-electron chi connectivity index (χ1n) is 5.78. The van der Waals surface area contributed by atoms with Gasteiger partial charge in [0.05, 0.1) is 12.2 Å². The van der Waals surface area contributed by atoms with Crippen LogP contribution < -0.4 is 0 Å². The molecule has 0 fully saturated rings. The maximum Gasteiger partial charge on any atom is 0.254 e. The van der Waals surface area contributed by atoms with Crippen LogP contribution >= 0.6 is 0 Å². The predicted molar refractivity (Wildman–Crippen MR) is 66.0 cm³/mol. The quantitative estimate of drug-likeness (QED) is 0.796. The zero-order chi connectivity index (χ0) is 14.0. The maximum atomic E-state index is 13.0. The van der Waals surface area contributed by atoms with Crippen LogP contribution in [0.4, 0.5) is 4.39 Å². The summed E-state index contributed by atoms with van der Waals surface area (Å²) < 4.78 is 18.0. The third kappa shape index (κ3) is 2.78. The molecule has 2 rings (SSSR count). The standard InChI is InChI=1S/C13H14FN3O2/c1-8-11(9(2)19-16-8)7-17(3)13(18)10-4-5-15-12(14)6-10/h4-6H,7H2,1-3H3. The average Bonchev–Trinajstić information content (AvgIpc) is 2.69. The number of aryl methyl sites for hydroxylation is 2. The van der Waals surface area contributed by atoms with E-state index in [-0.39, 0.29) is 11.5 Å². The van der Waals surface area contributed by atoms with E-state index >= 15 is 0 Å². The summed E-state index contributed by atoms with van der Waals surface area (Å²) in [7, 11) is 1.65. The fourth-order valence-corrected chi connectivity index (χ4v) is 1.79. The minimum absolute atomic E-state index is 0.266. The van der Waals surface area contributed by atoms with Crippen LogP contribution in [-0.2, 0) is 6.54 Å². The zero-order valence-electron chi connectivity index (χ0n) is 11.0. The van der Waals surface area contributed by atoms with Gasteiger partial charge in [0.1, 0.15) is 5.76 Å². The van der Waals surface area contributed by atoms with Gasteiger partial charge in [0, 0.05) is 30.4 Å². The number of pyridine rings is 1. The molecule has 6 heteroatoms. The largest absolute Gasteiger partial charge is 0.361 e. The number of hydrogen-bond acceptors (Lipinski definition) is 4. The van der Waals surface area contributed by atoms with E-state index in [2.05, 4.69) is 10.1 Å². The molecule has 0 aliphatic rings. The van der Waals surface area contributed by atoms with E-state index in [0.29, 0.717) is 12.3 Å². The van der Waals surface area contributed by atoms with Gasteiger partial charge < -0.3 is 9.42 Å². The molecule has 0 aliphatic heterocycles. The van der Waals surface area contributed by atoms with Crippen LogP contribution in [0.15, 0.2) is 22.9 Å². The van der Waals surface area contributed by atoms with Crippen molar-refractivity contribution >= 4 is 5.91 Å². The first-order valence-corrected chi connectivity index (χ1v) is 5.78. The van der Waals surface area contributed by atoms with Crippen LogP contribution in [-0.4, -0.2) is 28.0 Å². The van der Waals surface area contributed by atoms with Crippen molar-refractivity contribution in [3.8, 4) is 0 Å². The van der Waals surface area contributed by atoms with Gasteiger partial charge in [-0.2, -0.15) is 4.39 Å². The molecule has 0 radical (unpaired) electrons. The number of rotatable bonds is 3. The van der Waals surface area contributed by atoms with E-state index in [1.54, 1.807) is 14.0 Å². The first kappa shape index (κ1) is 13.2. The number of carbonyl (C=O) groups excluding carboxylic acids is 1. The fraction of sp³-hybridized carbons (Fsp3) is 0.308. The first-order chi connectivity index (χ1) is 8.99. The predicted octanol–water partition coefficient (Wildman–Crippen LogP) is 2.10. The van der Waals surface area contributed by atoms with Gasteiger partial charge in [-0.05, 0) is 19.9 Å². The topological polar surface area (TPSA) is 59.2 Å². The molecule has 2 aromatic heterocycles. The van der Waals surface area contributed by atoms with Gasteiger partial charge in [0.25, 0.3) is 5.91 Å². The summed E-state index contributed by atoms with van der Waals surface area (Å²) in [4.78, 5) is 17.0. The van der Waals surface area contributed by atoms with Crippen molar-refractivity contribution in [3.63, 3.8) is 0 Å². The molecule has 0 aliphatic carbocycles. The third-order valence-corrected chi connectivity index (χ3v) is 2.90. The van der Waals surface area contributed by atoms with E-state index in [1.165, 1.54) is 17.2 Å². The molecular formula is C13H14FN3O2. The highest BCUT2D eigenvalue weighted by Gasteiger charge is 2.17. The summed E-state index contributed by atoms with van der Waals surface area (Å²) in [5, 5.41) is 3.83. The van der Waals surface area contributed by atoms with Gasteiger partial charge >= 0.3 is 0 Å². The Morgan fingerprint density at radius 2 is 2.21 bits per heavy atom. The summed E-state index contributed by atoms with van der Waals surface area (Å²) >= 11 is 0. The Balaban J connectivity index is 2.16. The Bertz CT molecular complexity index is 590. The van der Waals surface area contributed by atoms with E-state index in [4.69, 9.17) is 4.52 Å². The lowest BCUT2D eigenvalue weighted by Crippen LogP contribution is -2.26. The van der Waals surface area contributed by atoms with Crippen molar-refractivity contribution in [2.24, 2.45) is 0 Å². The molecule has 0 unspecified atom stereocenters. The lowest BCUT2D eigenvalue weighted by atomic mass is 10.1. The Hall–Kier alpha value is -2.24. The molecule has 100 valence electrons. The summed E-state index contributed by atoms with van der Waals surface area (Å²) in [6, 6.07) is 2.60. The SMILES string of the molecule is Cc1noc(C)c1CN(C)C(=O)c1ccnc(F)c1. The van der Waals surface area contributed by atoms with Crippen molar-refractivity contribution in [3.05, 3.63) is 46.9 Å². The summed E-state index contributed by atoms with van der Waals surface area (Å²) in [5.74, 6) is -0.268. The molecule has 2 aromatic rings. The summed E-state index contributed by atoms with van der Waals surface area (Å²) in [6.07, 6.45) is 1.27. The second-order valence-electron chi connectivity index (χ2n) is 4.33. The molecule has 0 saturated carbocycles. The fourth-order valence-electron chi connectivity index (χ4n) is 1.79. The van der Waals surface area contributed by atoms with Crippen molar-refractivity contribution in [1.29, 1.82) is 0 Å². The molecule has 2 heterocycles. The summed E-state index contributed by atoms with van der Waals surface area (Å²) in [5.41, 5.74) is 1.88. The minimum Gasteiger partial charge on any atom is -0.361 e. The van der Waals surface area contributed by atoms with E-state index in [9.17, 15) is 9.18 Å². The lowest BCUT2D eigenvalue weighted by Gasteiger charge is -2.16. The zero-order valence-corrected chi connectivity index (χ0v) is 11.0. The number of aromatic nitrogens is 2. The normalized spacial score (nSPS) is 10.5. The molecular weight excluding hydrogens is 249 g/mol. The molecule has 0 bridgehead atoms. The van der Waals surface area contributed by atoms with E-state index in [1.807, 2.05) is 6.92 Å². The Morgan fingerprint density at radius 3 is 2.79 bits per heavy atom. The van der Waals surface area contributed by atoms with Gasteiger partial charge in [-0.25, -0.2) is 4.98 Å². The van der Waals surface area contributed by atoms with Crippen molar-refractivity contribution in [1.82, 2.24) is 15.0 Å². The van der Waals surface area contributed by atoms with Crippen LogP contribution in [0.2, 0.25) is 0 Å². The minimum atomic E-state index is -0.670. The molecule has 5 nitrogen and oxygen atoms in total. The van der Waals surface area contributed by atoms with Gasteiger partial charge in [-0.15, -0.1) is 0 Å². The number of halogens is 1. The molecule has 0 saturated heterocycles. The van der Waals surface area contributed by atoms with Crippen molar-refractivity contribution in [2.45, 2.75) is 20.4 Å². The van der Waals surface area contributed by atoms with Crippen molar-refractivity contribution in [2.75, 3.05) is 7.05 Å². The lowest BCUT2D eigenvalue weighted by molar-refractivity contribution is 0.0784. The third-order valence-electron chi connectivity index (χ3n) is 2.90. The highest BCUT2D eigenvalue weighted by atomic mass is 19.1. The highest BCUT2D eigenvalue weighted by Crippen LogP contribution is 2.15.